The summed E-state index contributed by atoms with van der Waals surface area (Å²) in [5, 5.41) is 9.60. The van der Waals surface area contributed by atoms with Crippen LogP contribution in [0.25, 0.3) is 10.6 Å². The van der Waals surface area contributed by atoms with Gasteiger partial charge in [-0.05, 0) is 36.6 Å². The van der Waals surface area contributed by atoms with Crippen molar-refractivity contribution < 1.29 is 4.79 Å². The van der Waals surface area contributed by atoms with Crippen molar-refractivity contribution >= 4 is 33.6 Å². The van der Waals surface area contributed by atoms with Gasteiger partial charge in [0.15, 0.2) is 0 Å². The van der Waals surface area contributed by atoms with Crippen molar-refractivity contribution in [3.8, 4) is 10.6 Å². The lowest BCUT2D eigenvalue weighted by atomic mass is 10.2. The van der Waals surface area contributed by atoms with E-state index >= 15 is 0 Å². The maximum atomic E-state index is 12.5. The summed E-state index contributed by atoms with van der Waals surface area (Å²) in [4.78, 5) is 19.7. The van der Waals surface area contributed by atoms with Gasteiger partial charge in [0.05, 0.1) is 5.69 Å². The van der Waals surface area contributed by atoms with Crippen LogP contribution in [0.3, 0.4) is 0 Å². The van der Waals surface area contributed by atoms with Gasteiger partial charge in [0.1, 0.15) is 16.1 Å². The Labute approximate surface area is 144 Å². The first-order valence-electron chi connectivity index (χ1n) is 8.33. The number of nitrogens with zero attached hydrogens (tertiary/aromatic N) is 2. The fourth-order valence-corrected chi connectivity index (χ4v) is 4.90. The Bertz CT molecular complexity index is 691. The van der Waals surface area contributed by atoms with Crippen LogP contribution in [0.2, 0.25) is 0 Å². The van der Waals surface area contributed by atoms with Gasteiger partial charge >= 0.3 is 0 Å². The number of carbonyl (C=O) groups is 1. The van der Waals surface area contributed by atoms with Gasteiger partial charge in [-0.3, -0.25) is 4.79 Å². The highest BCUT2D eigenvalue weighted by molar-refractivity contribution is 7.19. The molecule has 1 fully saturated rings. The molecule has 1 aliphatic carbocycles. The second kappa shape index (κ2) is 6.24. The second-order valence-corrected chi connectivity index (χ2v) is 8.15. The molecule has 0 aromatic carbocycles. The Morgan fingerprint density at radius 1 is 1.48 bits per heavy atom. The first-order chi connectivity index (χ1) is 11.3. The lowest BCUT2D eigenvalue weighted by Crippen LogP contribution is -2.46. The van der Waals surface area contributed by atoms with Crippen molar-refractivity contribution in [2.75, 3.05) is 18.0 Å². The summed E-state index contributed by atoms with van der Waals surface area (Å²) in [5.41, 5.74) is 2.31. The summed E-state index contributed by atoms with van der Waals surface area (Å²) in [6.45, 7) is 3.85. The molecule has 1 atom stereocenters. The predicted molar refractivity (Wildman–Crippen MR) is 96.3 cm³/mol. The molecule has 122 valence electrons. The largest absolute Gasteiger partial charge is 0.354 e. The van der Waals surface area contributed by atoms with E-state index in [1.807, 2.05) is 0 Å². The van der Waals surface area contributed by atoms with Crippen molar-refractivity contribution in [2.24, 2.45) is 5.92 Å². The third-order valence-corrected chi connectivity index (χ3v) is 6.34. The van der Waals surface area contributed by atoms with Crippen LogP contribution in [0.4, 0.5) is 5.00 Å². The predicted octanol–water partition coefficient (Wildman–Crippen LogP) is 3.54. The molecule has 4 rings (SSSR count). The molecule has 0 spiro atoms. The first kappa shape index (κ1) is 15.1. The number of aromatic nitrogens is 1. The topological polar surface area (TPSA) is 45.2 Å². The normalized spacial score (nSPS) is 19.9. The lowest BCUT2D eigenvalue weighted by molar-refractivity contribution is -0.122. The zero-order valence-corrected chi connectivity index (χ0v) is 14.9. The Morgan fingerprint density at radius 2 is 2.35 bits per heavy atom. The van der Waals surface area contributed by atoms with Gasteiger partial charge in [-0.25, -0.2) is 4.98 Å². The van der Waals surface area contributed by atoms with Crippen LogP contribution in [-0.4, -0.2) is 30.0 Å². The summed E-state index contributed by atoms with van der Waals surface area (Å²) < 4.78 is 0. The number of carbonyl (C=O) groups excluding carboxylic acids is 1. The number of rotatable bonds is 6. The van der Waals surface area contributed by atoms with Crippen LogP contribution in [-0.2, 0) is 11.2 Å². The summed E-state index contributed by atoms with van der Waals surface area (Å²) in [7, 11) is 0. The number of hydrogen-bond acceptors (Lipinski definition) is 5. The van der Waals surface area contributed by atoms with E-state index in [0.717, 1.165) is 42.6 Å². The molecule has 2 aromatic rings. The third kappa shape index (κ3) is 3.02. The number of anilines is 1. The van der Waals surface area contributed by atoms with Gasteiger partial charge in [0.2, 0.25) is 5.91 Å². The molecule has 0 saturated heterocycles. The van der Waals surface area contributed by atoms with Gasteiger partial charge in [0.25, 0.3) is 0 Å². The van der Waals surface area contributed by atoms with E-state index in [0.29, 0.717) is 0 Å². The van der Waals surface area contributed by atoms with E-state index in [9.17, 15) is 4.79 Å². The molecule has 23 heavy (non-hydrogen) atoms. The molecule has 2 aromatic heterocycles. The minimum Gasteiger partial charge on any atom is -0.354 e. The van der Waals surface area contributed by atoms with E-state index in [1.165, 1.54) is 23.4 Å². The molecule has 1 N–H and O–H groups in total. The molecule has 2 aliphatic rings. The average molecular weight is 348 g/mol. The standard InChI is InChI=1S/C17H21N3OS2/c1-2-6-18-15(21)14-8-13-17(20(14)9-11-3-4-11)23-16(19-13)12-5-7-22-10-12/h5,7,10-11,14H,2-4,6,8-9H2,1H3,(H,18,21)/t14-/m0/s1. The van der Waals surface area contributed by atoms with Crippen LogP contribution in [0, 0.1) is 5.92 Å². The Hall–Kier alpha value is -1.40. The summed E-state index contributed by atoms with van der Waals surface area (Å²) in [6.07, 6.45) is 4.32. The van der Waals surface area contributed by atoms with Crippen LogP contribution < -0.4 is 10.2 Å². The van der Waals surface area contributed by atoms with Gasteiger partial charge in [0, 0.05) is 30.5 Å². The van der Waals surface area contributed by atoms with E-state index in [-0.39, 0.29) is 11.9 Å². The van der Waals surface area contributed by atoms with Gasteiger partial charge in [-0.1, -0.05) is 18.3 Å². The van der Waals surface area contributed by atoms with Crippen LogP contribution in [0.1, 0.15) is 31.9 Å². The summed E-state index contributed by atoms with van der Waals surface area (Å²) >= 11 is 3.44. The smallest absolute Gasteiger partial charge is 0.243 e. The van der Waals surface area contributed by atoms with E-state index < -0.39 is 0 Å². The molecule has 4 nitrogen and oxygen atoms in total. The Balaban J connectivity index is 1.58. The zero-order valence-electron chi connectivity index (χ0n) is 13.2. The van der Waals surface area contributed by atoms with E-state index in [4.69, 9.17) is 4.98 Å². The number of thiophene rings is 1. The quantitative estimate of drug-likeness (QED) is 0.869. The fourth-order valence-electron chi connectivity index (χ4n) is 3.03. The molecular weight excluding hydrogens is 326 g/mol. The third-order valence-electron chi connectivity index (χ3n) is 4.47. The zero-order chi connectivity index (χ0) is 15.8. The summed E-state index contributed by atoms with van der Waals surface area (Å²) in [6, 6.07) is 2.06. The molecule has 1 saturated carbocycles. The first-order valence-corrected chi connectivity index (χ1v) is 10.1. The van der Waals surface area contributed by atoms with Gasteiger partial charge in [-0.2, -0.15) is 11.3 Å². The van der Waals surface area contributed by atoms with Gasteiger partial charge < -0.3 is 10.2 Å². The molecule has 0 radical (unpaired) electrons. The number of thiazole rings is 1. The SMILES string of the molecule is CCCNC(=O)[C@@H]1Cc2nc(-c3ccsc3)sc2N1CC1CC1. The Kier molecular flexibility index (Phi) is 4.11. The Morgan fingerprint density at radius 3 is 3.04 bits per heavy atom. The molecule has 3 heterocycles. The van der Waals surface area contributed by atoms with Crippen molar-refractivity contribution in [1.29, 1.82) is 0 Å². The van der Waals surface area contributed by atoms with Crippen LogP contribution >= 0.6 is 22.7 Å². The molecular formula is C17H21N3OS2. The highest BCUT2D eigenvalue weighted by atomic mass is 32.1. The van der Waals surface area contributed by atoms with E-state index in [2.05, 4.69) is 34.0 Å². The maximum absolute atomic E-state index is 12.5. The van der Waals surface area contributed by atoms with Crippen molar-refractivity contribution in [3.05, 3.63) is 22.5 Å². The highest BCUT2D eigenvalue weighted by Gasteiger charge is 2.40. The highest BCUT2D eigenvalue weighted by Crippen LogP contribution is 2.43. The van der Waals surface area contributed by atoms with Crippen molar-refractivity contribution in [3.63, 3.8) is 0 Å². The minimum absolute atomic E-state index is 0.0626. The van der Waals surface area contributed by atoms with E-state index in [1.54, 1.807) is 22.7 Å². The maximum Gasteiger partial charge on any atom is 0.243 e. The number of nitrogens with one attached hydrogen (secondary N) is 1. The summed E-state index contributed by atoms with van der Waals surface area (Å²) in [5.74, 6) is 0.920. The number of fused-ring (bicyclic) bond motifs is 1. The molecule has 1 aliphatic heterocycles. The second-order valence-electron chi connectivity index (χ2n) is 6.39. The minimum atomic E-state index is -0.0626. The molecule has 0 bridgehead atoms. The molecule has 1 amide bonds. The van der Waals surface area contributed by atoms with Crippen molar-refractivity contribution in [1.82, 2.24) is 10.3 Å². The van der Waals surface area contributed by atoms with Crippen molar-refractivity contribution in [2.45, 2.75) is 38.6 Å². The molecule has 0 unspecified atom stereocenters. The number of amides is 1. The van der Waals surface area contributed by atoms with Crippen LogP contribution in [0.5, 0.6) is 0 Å². The van der Waals surface area contributed by atoms with Gasteiger partial charge in [-0.15, -0.1) is 0 Å². The average Bonchev–Trinajstić information content (AvgIpc) is 2.96. The monoisotopic (exact) mass is 347 g/mol. The van der Waals surface area contributed by atoms with Crippen LogP contribution in [0.15, 0.2) is 16.8 Å². The number of hydrogen-bond donors (Lipinski definition) is 1. The lowest BCUT2D eigenvalue weighted by Gasteiger charge is -2.25. The fraction of sp³-hybridized carbons (Fsp3) is 0.529. The molecule has 6 heteroatoms.